The van der Waals surface area contributed by atoms with Crippen molar-refractivity contribution in [3.63, 3.8) is 0 Å². The number of rotatable bonds is 28. The van der Waals surface area contributed by atoms with E-state index in [9.17, 15) is 43.2 Å². The van der Waals surface area contributed by atoms with Crippen molar-refractivity contribution >= 4 is 179 Å². The first-order chi connectivity index (χ1) is 23.9. The van der Waals surface area contributed by atoms with Crippen LogP contribution < -0.4 is 0 Å². The van der Waals surface area contributed by atoms with Crippen molar-refractivity contribution in [3.05, 3.63) is 0 Å². The molecular weight excluding hydrogens is 1030 g/mol. The minimum atomic E-state index is -5.11. The average molecular weight is 1100 g/mol. The van der Waals surface area contributed by atoms with Gasteiger partial charge < -0.3 is 80.5 Å². The van der Waals surface area contributed by atoms with E-state index in [1.165, 1.54) is 13.7 Å². The molecule has 7 atom stereocenters. The van der Waals surface area contributed by atoms with Crippen molar-refractivity contribution in [2.75, 3.05) is 7.11 Å². The summed E-state index contributed by atoms with van der Waals surface area (Å²) in [5.41, 5.74) is 0. The van der Waals surface area contributed by atoms with Crippen LogP contribution in [0.5, 0.6) is 0 Å². The standard InChI is InChI=1S/C14H69BO18Si20/c1-25-48(13,34)53(28-42(2)23,52(41-22,47(12,24)14-15)30-43(3)29-44(4,5)6)50(51(39-20,40-21)27-36-17,32-46(10,11)31-45(7,8)9)33-49(37-18,38-19)26-35-16/h16-24,42-43H,14,35-41H2,1-13,34H3. The highest BCUT2D eigenvalue weighted by Gasteiger charge is 2.91. The predicted octanol–water partition coefficient (Wildman–Crippen LogP) is -11.1. The second kappa shape index (κ2) is 22.2. The summed E-state index contributed by atoms with van der Waals surface area (Å²) in [6, 6.07) is 0. The Bertz CT molecular complexity index is 1100. The molecule has 0 bridgehead atoms. The minimum absolute atomic E-state index is 0.188. The highest BCUT2D eigenvalue weighted by Crippen LogP contribution is 2.48. The Hall–Kier alpha value is 3.68. The van der Waals surface area contributed by atoms with Crippen molar-refractivity contribution in [2.24, 2.45) is 0 Å². The predicted molar refractivity (Wildman–Crippen MR) is 258 cm³/mol. The van der Waals surface area contributed by atoms with E-state index >= 15 is 0 Å². The summed E-state index contributed by atoms with van der Waals surface area (Å²) in [7, 11) is -41.3. The molecule has 0 saturated carbocycles. The van der Waals surface area contributed by atoms with Crippen molar-refractivity contribution in [3.8, 4) is 0 Å². The van der Waals surface area contributed by atoms with E-state index < -0.39 is 161 Å². The Morgan fingerprint density at radius 1 is 0.660 bits per heavy atom. The van der Waals surface area contributed by atoms with Crippen molar-refractivity contribution < 1.29 is 80.5 Å². The van der Waals surface area contributed by atoms with Gasteiger partial charge in [-0.05, 0) is 78.6 Å². The Morgan fingerprint density at radius 3 is 1.47 bits per heavy atom. The van der Waals surface area contributed by atoms with Gasteiger partial charge in [0.15, 0.2) is 59.7 Å². The summed E-state index contributed by atoms with van der Waals surface area (Å²) in [4.78, 5) is 105. The maximum atomic E-state index is 13.1. The zero-order valence-electron chi connectivity index (χ0n) is 34.1. The third-order valence-electron chi connectivity index (χ3n) is 8.65. The molecule has 7 unspecified atom stereocenters. The molecule has 0 heterocycles. The van der Waals surface area contributed by atoms with Gasteiger partial charge in [-0.2, -0.15) is 0 Å². The zero-order chi connectivity index (χ0) is 42.2. The molecule has 2 radical (unpaired) electrons. The zero-order valence-corrected chi connectivity index (χ0v) is 58.3. The van der Waals surface area contributed by atoms with E-state index in [1.54, 1.807) is 26.2 Å². The van der Waals surface area contributed by atoms with Crippen LogP contribution in [0.4, 0.5) is 0 Å². The van der Waals surface area contributed by atoms with Gasteiger partial charge >= 0.3 is 33.0 Å². The van der Waals surface area contributed by atoms with Crippen LogP contribution in [0.15, 0.2) is 0 Å². The molecule has 0 saturated heterocycles. The smallest absolute Gasteiger partial charge is 0.338 e. The van der Waals surface area contributed by atoms with Crippen LogP contribution in [-0.4, -0.2) is 229 Å². The van der Waals surface area contributed by atoms with Gasteiger partial charge in [0.05, 0.1) is 7.85 Å². The van der Waals surface area contributed by atoms with Crippen LogP contribution in [0.2, 0.25) is 84.5 Å². The third-order valence-corrected chi connectivity index (χ3v) is 206. The van der Waals surface area contributed by atoms with E-state index in [-0.39, 0.29) is 15.7 Å². The topological polar surface area (TPSA) is 265 Å². The van der Waals surface area contributed by atoms with Gasteiger partial charge in [-0.25, -0.2) is 0 Å². The monoisotopic (exact) mass is 1100 g/mol. The fraction of sp³-hybridized carbons (Fsp3) is 1.00. The lowest BCUT2D eigenvalue weighted by atomic mass is 10.2. The number of hydrogen-bond donors (Lipinski definition) is 9. The first kappa shape index (κ1) is 56.7. The maximum absolute atomic E-state index is 13.1. The van der Waals surface area contributed by atoms with Crippen LogP contribution in [0.1, 0.15) is 0 Å². The van der Waals surface area contributed by atoms with Gasteiger partial charge in [-0.1, -0.05) is 5.94 Å². The molecule has 0 rings (SSSR count). The van der Waals surface area contributed by atoms with Gasteiger partial charge in [0, 0.05) is 16.9 Å². The molecule has 0 spiro atoms. The summed E-state index contributed by atoms with van der Waals surface area (Å²) in [6.07, 6.45) is 0. The quantitative estimate of drug-likeness (QED) is 0.0330. The van der Waals surface area contributed by atoms with Gasteiger partial charge in [-0.3, -0.25) is 0 Å². The normalized spacial score (nSPS) is 24.3. The highest BCUT2D eigenvalue weighted by atomic mass is 30.3. The van der Waals surface area contributed by atoms with Crippen LogP contribution in [-0.2, 0) is 37.3 Å². The van der Waals surface area contributed by atoms with Crippen LogP contribution in [0.3, 0.4) is 0 Å². The first-order valence-electron chi connectivity index (χ1n) is 17.3. The van der Waals surface area contributed by atoms with E-state index in [0.717, 1.165) is 0 Å². The summed E-state index contributed by atoms with van der Waals surface area (Å²) in [5, 5.41) is 0. The summed E-state index contributed by atoms with van der Waals surface area (Å²) < 4.78 is 62.1. The molecule has 0 aromatic heterocycles. The first-order valence-corrected chi connectivity index (χ1v) is 71.3. The van der Waals surface area contributed by atoms with E-state index in [0.29, 0.717) is 0 Å². The van der Waals surface area contributed by atoms with Crippen LogP contribution >= 0.6 is 0 Å². The Labute approximate surface area is 348 Å². The molecule has 18 nitrogen and oxygen atoms in total. The maximum Gasteiger partial charge on any atom is 0.338 e. The SMILES string of the molecule is [B]C[Si](C)(O)[Si](O[SiH](C)O[Si](C)(C)C)([SiH2]O)[Si](O[SiH](C)O)([Si](C)([SiH3])OC)[Si](O[Si](C)(C)O[Si](C)(C)C)(O[Si](O[SiH2]O)([SiH2]O)[SiH2]O)[Si](O[SiH2]O)([SiH2]O)[SiH2]O. The van der Waals surface area contributed by atoms with Gasteiger partial charge in [0.1, 0.15) is 0 Å². The third kappa shape index (κ3) is 13.1. The molecule has 0 fully saturated rings. The van der Waals surface area contributed by atoms with Crippen molar-refractivity contribution in [1.82, 2.24) is 0 Å². The molecule has 0 aliphatic carbocycles. The lowest BCUT2D eigenvalue weighted by Gasteiger charge is -2.66. The van der Waals surface area contributed by atoms with E-state index in [4.69, 9.17) is 45.2 Å². The van der Waals surface area contributed by atoms with E-state index in [1.807, 2.05) is 45.8 Å². The molecule has 0 amide bonds. The molecule has 0 aromatic carbocycles. The molecule has 0 aromatic rings. The molecule has 0 aliphatic heterocycles. The second-order valence-corrected chi connectivity index (χ2v) is 130. The van der Waals surface area contributed by atoms with Gasteiger partial charge in [-0.15, -0.1) is 0 Å². The van der Waals surface area contributed by atoms with Crippen molar-refractivity contribution in [1.29, 1.82) is 0 Å². The minimum Gasteiger partial charge on any atom is -0.440 e. The van der Waals surface area contributed by atoms with Crippen LogP contribution in [0.25, 0.3) is 0 Å². The number of hydrogen-bond acceptors (Lipinski definition) is 18. The van der Waals surface area contributed by atoms with Crippen LogP contribution in [0, 0.1) is 0 Å². The van der Waals surface area contributed by atoms with E-state index in [2.05, 4.69) is 0 Å². The molecule has 316 valence electrons. The Morgan fingerprint density at radius 2 is 1.15 bits per heavy atom. The van der Waals surface area contributed by atoms with Gasteiger partial charge in [0.2, 0.25) is 25.4 Å². The second-order valence-electron chi connectivity index (χ2n) is 16.0. The molecule has 9 N–H and O–H groups in total. The summed E-state index contributed by atoms with van der Waals surface area (Å²) in [6.45, 7) is 8.37. The lowest BCUT2D eigenvalue weighted by molar-refractivity contribution is 0.306. The fourth-order valence-corrected chi connectivity index (χ4v) is 352. The molecule has 0 aliphatic rings. The highest BCUT2D eigenvalue weighted by molar-refractivity contribution is 8.13. The fourth-order valence-electron chi connectivity index (χ4n) is 6.70. The Balaban J connectivity index is 10.0. The lowest BCUT2D eigenvalue weighted by Crippen LogP contribution is -3.06. The average Bonchev–Trinajstić information content (AvgIpc) is 3.01. The largest absolute Gasteiger partial charge is 0.440 e. The summed E-state index contributed by atoms with van der Waals surface area (Å²) in [5.74, 6) is -0.309. The molecular formula is C14H69BO18Si20. The van der Waals surface area contributed by atoms with Gasteiger partial charge in [0.25, 0.3) is 43.0 Å². The van der Waals surface area contributed by atoms with Crippen molar-refractivity contribution in [2.45, 2.75) is 84.5 Å². The summed E-state index contributed by atoms with van der Waals surface area (Å²) >= 11 is 0. The Kier molecular flexibility index (Phi) is 23.7. The molecule has 53 heavy (non-hydrogen) atoms. The molecule has 39 heteroatoms.